The molecule has 0 spiro atoms. The molecule has 0 atom stereocenters. The summed E-state index contributed by atoms with van der Waals surface area (Å²) in [5, 5.41) is 3.27. The topological polar surface area (TPSA) is 42.0 Å². The SMILES string of the molecule is CNC1(c2ccc(C(C)=O)cn2)CC1. The van der Waals surface area contributed by atoms with E-state index in [1.165, 1.54) is 0 Å². The van der Waals surface area contributed by atoms with Crippen LogP contribution in [0, 0.1) is 0 Å². The van der Waals surface area contributed by atoms with Gasteiger partial charge in [0.15, 0.2) is 5.78 Å². The van der Waals surface area contributed by atoms with Crippen LogP contribution in [0.5, 0.6) is 0 Å². The number of carbonyl (C=O) groups is 1. The molecule has 1 aromatic rings. The van der Waals surface area contributed by atoms with Gasteiger partial charge in [0.2, 0.25) is 0 Å². The molecule has 1 aromatic heterocycles. The molecule has 3 heteroatoms. The van der Waals surface area contributed by atoms with Crippen LogP contribution in [0.15, 0.2) is 18.3 Å². The van der Waals surface area contributed by atoms with Gasteiger partial charge in [-0.05, 0) is 38.9 Å². The summed E-state index contributed by atoms with van der Waals surface area (Å²) in [4.78, 5) is 15.4. The first kappa shape index (κ1) is 9.34. The Kier molecular flexibility index (Phi) is 2.11. The Balaban J connectivity index is 2.26. The second-order valence-electron chi connectivity index (χ2n) is 3.82. The Morgan fingerprint density at radius 1 is 1.50 bits per heavy atom. The zero-order chi connectivity index (χ0) is 10.2. The number of carbonyl (C=O) groups excluding carboxylic acids is 1. The minimum absolute atomic E-state index is 0.0679. The van der Waals surface area contributed by atoms with Gasteiger partial charge in [0, 0.05) is 11.8 Å². The number of aromatic nitrogens is 1. The molecule has 2 rings (SSSR count). The first-order valence-electron chi connectivity index (χ1n) is 4.84. The number of nitrogens with zero attached hydrogens (tertiary/aromatic N) is 1. The first-order valence-corrected chi connectivity index (χ1v) is 4.84. The van der Waals surface area contributed by atoms with Crippen LogP contribution in [0.25, 0.3) is 0 Å². The molecule has 0 unspecified atom stereocenters. The number of rotatable bonds is 3. The van der Waals surface area contributed by atoms with Crippen LogP contribution in [0.3, 0.4) is 0 Å². The van der Waals surface area contributed by atoms with Crippen molar-refractivity contribution in [1.29, 1.82) is 0 Å². The molecule has 1 aliphatic rings. The van der Waals surface area contributed by atoms with Gasteiger partial charge >= 0.3 is 0 Å². The monoisotopic (exact) mass is 190 g/mol. The molecular weight excluding hydrogens is 176 g/mol. The standard InChI is InChI=1S/C11H14N2O/c1-8(14)9-3-4-10(13-7-9)11(12-2)5-6-11/h3-4,7,12H,5-6H2,1-2H3. The summed E-state index contributed by atoms with van der Waals surface area (Å²) in [6.45, 7) is 1.56. The van der Waals surface area contributed by atoms with Crippen molar-refractivity contribution in [1.82, 2.24) is 10.3 Å². The predicted molar refractivity (Wildman–Crippen MR) is 54.2 cm³/mol. The van der Waals surface area contributed by atoms with E-state index in [2.05, 4.69) is 10.3 Å². The van der Waals surface area contributed by atoms with Crippen molar-refractivity contribution < 1.29 is 4.79 Å². The smallest absolute Gasteiger partial charge is 0.161 e. The van der Waals surface area contributed by atoms with E-state index in [1.54, 1.807) is 13.1 Å². The number of ketones is 1. The molecule has 0 amide bonds. The van der Waals surface area contributed by atoms with Crippen molar-refractivity contribution in [3.63, 3.8) is 0 Å². The minimum Gasteiger partial charge on any atom is -0.309 e. The number of hydrogen-bond acceptors (Lipinski definition) is 3. The lowest BCUT2D eigenvalue weighted by atomic mass is 10.1. The second-order valence-corrected chi connectivity index (χ2v) is 3.82. The van der Waals surface area contributed by atoms with E-state index >= 15 is 0 Å². The summed E-state index contributed by atoms with van der Waals surface area (Å²) < 4.78 is 0. The molecule has 1 fully saturated rings. The minimum atomic E-state index is 0.0679. The van der Waals surface area contributed by atoms with E-state index in [0.29, 0.717) is 5.56 Å². The Hall–Kier alpha value is -1.22. The van der Waals surface area contributed by atoms with Crippen molar-refractivity contribution in [2.24, 2.45) is 0 Å². The summed E-state index contributed by atoms with van der Waals surface area (Å²) in [6.07, 6.45) is 3.93. The average molecular weight is 190 g/mol. The Morgan fingerprint density at radius 2 is 2.21 bits per heavy atom. The van der Waals surface area contributed by atoms with E-state index in [9.17, 15) is 4.79 Å². The maximum atomic E-state index is 11.0. The lowest BCUT2D eigenvalue weighted by Gasteiger charge is -2.12. The normalized spacial score (nSPS) is 17.9. The van der Waals surface area contributed by atoms with Gasteiger partial charge in [-0.3, -0.25) is 9.78 Å². The fraction of sp³-hybridized carbons (Fsp3) is 0.455. The fourth-order valence-electron chi connectivity index (χ4n) is 1.64. The largest absolute Gasteiger partial charge is 0.309 e. The third-order valence-electron chi connectivity index (χ3n) is 2.89. The molecule has 1 aliphatic carbocycles. The van der Waals surface area contributed by atoms with Gasteiger partial charge in [-0.2, -0.15) is 0 Å². The van der Waals surface area contributed by atoms with Crippen molar-refractivity contribution in [2.45, 2.75) is 25.3 Å². The molecule has 0 saturated heterocycles. The predicted octanol–water partition coefficient (Wildman–Crippen LogP) is 1.49. The van der Waals surface area contributed by atoms with E-state index in [4.69, 9.17) is 0 Å². The molecule has 0 radical (unpaired) electrons. The number of pyridine rings is 1. The Bertz CT molecular complexity index is 352. The lowest BCUT2D eigenvalue weighted by Crippen LogP contribution is -2.25. The highest BCUT2D eigenvalue weighted by molar-refractivity contribution is 5.93. The zero-order valence-electron chi connectivity index (χ0n) is 8.50. The maximum absolute atomic E-state index is 11.0. The molecular formula is C11H14N2O. The highest BCUT2D eigenvalue weighted by Gasteiger charge is 2.43. The zero-order valence-corrected chi connectivity index (χ0v) is 8.50. The summed E-state index contributed by atoms with van der Waals surface area (Å²) in [5.74, 6) is 0.0679. The summed E-state index contributed by atoms with van der Waals surface area (Å²) in [5.41, 5.74) is 1.82. The van der Waals surface area contributed by atoms with Gasteiger partial charge < -0.3 is 5.32 Å². The third-order valence-corrected chi connectivity index (χ3v) is 2.89. The van der Waals surface area contributed by atoms with Crippen LogP contribution in [-0.4, -0.2) is 17.8 Å². The molecule has 1 heterocycles. The van der Waals surface area contributed by atoms with E-state index < -0.39 is 0 Å². The van der Waals surface area contributed by atoms with E-state index in [0.717, 1.165) is 18.5 Å². The van der Waals surface area contributed by atoms with Gasteiger partial charge in [-0.1, -0.05) is 0 Å². The number of hydrogen-bond donors (Lipinski definition) is 1. The highest BCUT2D eigenvalue weighted by Crippen LogP contribution is 2.43. The molecule has 1 N–H and O–H groups in total. The Morgan fingerprint density at radius 3 is 2.57 bits per heavy atom. The van der Waals surface area contributed by atoms with Crippen LogP contribution in [0.2, 0.25) is 0 Å². The van der Waals surface area contributed by atoms with Crippen molar-refractivity contribution in [3.05, 3.63) is 29.6 Å². The molecule has 14 heavy (non-hydrogen) atoms. The Labute approximate surface area is 83.5 Å². The van der Waals surface area contributed by atoms with Crippen LogP contribution in [0.1, 0.15) is 35.8 Å². The lowest BCUT2D eigenvalue weighted by molar-refractivity contribution is 0.101. The fourth-order valence-corrected chi connectivity index (χ4v) is 1.64. The van der Waals surface area contributed by atoms with Crippen LogP contribution >= 0.6 is 0 Å². The van der Waals surface area contributed by atoms with Crippen LogP contribution in [0.4, 0.5) is 0 Å². The molecule has 1 saturated carbocycles. The summed E-state index contributed by atoms with van der Waals surface area (Å²) in [7, 11) is 1.95. The maximum Gasteiger partial charge on any atom is 0.161 e. The van der Waals surface area contributed by atoms with Crippen molar-refractivity contribution >= 4 is 5.78 Å². The summed E-state index contributed by atoms with van der Waals surface area (Å²) >= 11 is 0. The van der Waals surface area contributed by atoms with Gasteiger partial charge in [-0.25, -0.2) is 0 Å². The van der Waals surface area contributed by atoms with E-state index in [1.807, 2.05) is 19.2 Å². The average Bonchev–Trinajstić information content (AvgIpc) is 2.99. The second kappa shape index (κ2) is 3.17. The molecule has 0 bridgehead atoms. The van der Waals surface area contributed by atoms with Crippen molar-refractivity contribution in [3.8, 4) is 0 Å². The van der Waals surface area contributed by atoms with Crippen LogP contribution in [-0.2, 0) is 5.54 Å². The van der Waals surface area contributed by atoms with Gasteiger partial charge in [0.1, 0.15) is 0 Å². The van der Waals surface area contributed by atoms with E-state index in [-0.39, 0.29) is 11.3 Å². The van der Waals surface area contributed by atoms with Gasteiger partial charge in [0.25, 0.3) is 0 Å². The first-order chi connectivity index (χ1) is 6.68. The summed E-state index contributed by atoms with van der Waals surface area (Å²) in [6, 6.07) is 3.79. The van der Waals surface area contributed by atoms with Gasteiger partial charge in [0.05, 0.1) is 11.2 Å². The highest BCUT2D eigenvalue weighted by atomic mass is 16.1. The molecule has 74 valence electrons. The number of Topliss-reactive ketones (excluding diaryl/α,β-unsaturated/α-hetero) is 1. The van der Waals surface area contributed by atoms with Crippen molar-refractivity contribution in [2.75, 3.05) is 7.05 Å². The van der Waals surface area contributed by atoms with Gasteiger partial charge in [-0.15, -0.1) is 0 Å². The molecule has 3 nitrogen and oxygen atoms in total. The third kappa shape index (κ3) is 1.44. The molecule has 0 aromatic carbocycles. The number of nitrogens with one attached hydrogen (secondary N) is 1. The quantitative estimate of drug-likeness (QED) is 0.734. The molecule has 0 aliphatic heterocycles. The van der Waals surface area contributed by atoms with Crippen LogP contribution < -0.4 is 5.32 Å².